The molecule has 7 nitrogen and oxygen atoms in total. The molecule has 0 aromatic rings. The van der Waals surface area contributed by atoms with E-state index in [0.717, 1.165) is 32.1 Å². The summed E-state index contributed by atoms with van der Waals surface area (Å²) in [4.78, 5) is 48.9. The molecule has 4 rings (SSSR count). The van der Waals surface area contributed by atoms with Gasteiger partial charge < -0.3 is 19.8 Å². The van der Waals surface area contributed by atoms with Crippen LogP contribution in [0.2, 0.25) is 0 Å². The SMILES string of the molecule is C=CCN(CCC)C(=O)[C@H]1[C@@H]2SC3(CC2Br)C(C(=O)N(CC=C)C2CCCCC2)N([C@@H](CO)C(C)C)C(=O)[C@H]13. The number of carbonyl (C=O) groups is 3. The summed E-state index contributed by atoms with van der Waals surface area (Å²) >= 11 is 5.55. The number of carbonyl (C=O) groups excluding carboxylic acids is 3. The molecule has 3 saturated heterocycles. The Morgan fingerprint density at radius 2 is 1.85 bits per heavy atom. The Bertz CT molecular complexity index is 956. The topological polar surface area (TPSA) is 81.2 Å². The standard InChI is InChI=1S/C30H46BrN3O4S/c1-6-14-32(15-7-2)27(36)23-24-28(37)34(22(18-35)19(4)5)26(30(24)17-21(31)25(23)39-30)29(38)33(16-8-3)20-12-10-9-11-13-20/h6,8,19-26,35H,1,3,7,9-18H2,2,4-5H3/t21?,22-,23+,24-,25+,26?,30?/m0/s1. The van der Waals surface area contributed by atoms with Crippen LogP contribution in [0.15, 0.2) is 25.3 Å². The smallest absolute Gasteiger partial charge is 0.247 e. The zero-order valence-corrected chi connectivity index (χ0v) is 26.2. The molecule has 4 aliphatic rings. The number of hydrogen-bond acceptors (Lipinski definition) is 5. The van der Waals surface area contributed by atoms with Crippen molar-refractivity contribution in [2.45, 2.75) is 98.7 Å². The van der Waals surface area contributed by atoms with Crippen molar-refractivity contribution in [2.75, 3.05) is 26.2 Å². The van der Waals surface area contributed by atoms with Crippen LogP contribution in [-0.2, 0) is 14.4 Å². The first-order valence-corrected chi connectivity index (χ1v) is 16.5. The molecule has 4 fully saturated rings. The summed E-state index contributed by atoms with van der Waals surface area (Å²) in [6, 6.07) is -1.09. The predicted octanol–water partition coefficient (Wildman–Crippen LogP) is 4.24. The molecule has 218 valence electrons. The average molecular weight is 625 g/mol. The molecule has 1 N–H and O–H groups in total. The highest BCUT2D eigenvalue weighted by atomic mass is 79.9. The lowest BCUT2D eigenvalue weighted by atomic mass is 9.70. The Morgan fingerprint density at radius 1 is 1.18 bits per heavy atom. The Kier molecular flexibility index (Phi) is 9.96. The Morgan fingerprint density at radius 3 is 2.41 bits per heavy atom. The fourth-order valence-corrected chi connectivity index (χ4v) is 11.2. The van der Waals surface area contributed by atoms with Crippen molar-refractivity contribution in [3.8, 4) is 0 Å². The van der Waals surface area contributed by atoms with Crippen molar-refractivity contribution >= 4 is 45.4 Å². The van der Waals surface area contributed by atoms with E-state index < -0.39 is 28.7 Å². The van der Waals surface area contributed by atoms with Crippen LogP contribution in [0.4, 0.5) is 0 Å². The molecule has 1 spiro atoms. The van der Waals surface area contributed by atoms with Crippen LogP contribution >= 0.6 is 27.7 Å². The summed E-state index contributed by atoms with van der Waals surface area (Å²) < 4.78 is -0.713. The number of amides is 3. The molecule has 3 heterocycles. The Balaban J connectivity index is 1.81. The van der Waals surface area contributed by atoms with Gasteiger partial charge in [0.25, 0.3) is 0 Å². The lowest BCUT2D eigenvalue weighted by Crippen LogP contribution is -2.60. The highest BCUT2D eigenvalue weighted by molar-refractivity contribution is 9.09. The summed E-state index contributed by atoms with van der Waals surface area (Å²) in [5, 5.41) is 10.4. The van der Waals surface area contributed by atoms with Crippen molar-refractivity contribution in [2.24, 2.45) is 17.8 Å². The number of nitrogens with zero attached hydrogens (tertiary/aromatic N) is 3. The lowest BCUT2D eigenvalue weighted by molar-refractivity contribution is -0.149. The first-order valence-electron chi connectivity index (χ1n) is 14.7. The van der Waals surface area contributed by atoms with Crippen LogP contribution in [0.25, 0.3) is 0 Å². The molecular weight excluding hydrogens is 578 g/mol. The van der Waals surface area contributed by atoms with E-state index in [1.807, 2.05) is 30.6 Å². The number of thioether (sulfide) groups is 1. The predicted molar refractivity (Wildman–Crippen MR) is 161 cm³/mol. The summed E-state index contributed by atoms with van der Waals surface area (Å²) in [5.74, 6) is -1.36. The van der Waals surface area contributed by atoms with Gasteiger partial charge in [0.15, 0.2) is 0 Å². The molecule has 0 aromatic carbocycles. The monoisotopic (exact) mass is 623 g/mol. The minimum absolute atomic E-state index is 0.0213. The van der Waals surface area contributed by atoms with E-state index in [-0.39, 0.29) is 46.4 Å². The first kappa shape index (κ1) is 30.6. The highest BCUT2D eigenvalue weighted by Crippen LogP contribution is 2.68. The fourth-order valence-electron chi connectivity index (χ4n) is 7.64. The van der Waals surface area contributed by atoms with Crippen molar-refractivity contribution in [1.29, 1.82) is 0 Å². The maximum absolute atomic E-state index is 14.7. The second kappa shape index (κ2) is 12.7. The van der Waals surface area contributed by atoms with Crippen LogP contribution in [0.1, 0.15) is 65.7 Å². The van der Waals surface area contributed by atoms with Gasteiger partial charge >= 0.3 is 0 Å². The quantitative estimate of drug-likeness (QED) is 0.260. The number of alkyl halides is 1. The average Bonchev–Trinajstić information content (AvgIpc) is 3.51. The van der Waals surface area contributed by atoms with Crippen LogP contribution in [0.5, 0.6) is 0 Å². The van der Waals surface area contributed by atoms with Gasteiger partial charge in [0.05, 0.1) is 29.2 Å². The number of aliphatic hydroxyl groups excluding tert-OH is 1. The largest absolute Gasteiger partial charge is 0.394 e. The molecule has 0 radical (unpaired) electrons. The minimum atomic E-state index is -0.719. The summed E-state index contributed by atoms with van der Waals surface area (Å²) in [6.07, 6.45) is 10.2. The van der Waals surface area contributed by atoms with Crippen LogP contribution in [0, 0.1) is 17.8 Å². The van der Waals surface area contributed by atoms with Crippen molar-refractivity contribution in [1.82, 2.24) is 14.7 Å². The van der Waals surface area contributed by atoms with Gasteiger partial charge in [-0.05, 0) is 31.6 Å². The molecule has 3 amide bonds. The molecule has 39 heavy (non-hydrogen) atoms. The van der Waals surface area contributed by atoms with E-state index >= 15 is 0 Å². The normalized spacial score (nSPS) is 32.8. The van der Waals surface area contributed by atoms with E-state index in [1.54, 1.807) is 28.8 Å². The third-order valence-corrected chi connectivity index (χ3v) is 12.6. The molecule has 3 aliphatic heterocycles. The lowest BCUT2D eigenvalue weighted by Gasteiger charge is -2.43. The van der Waals surface area contributed by atoms with Crippen molar-refractivity contribution < 1.29 is 19.5 Å². The number of hydrogen-bond donors (Lipinski definition) is 1. The number of fused-ring (bicyclic) bond motifs is 1. The fraction of sp³-hybridized carbons (Fsp3) is 0.767. The maximum Gasteiger partial charge on any atom is 0.247 e. The van der Waals surface area contributed by atoms with E-state index in [9.17, 15) is 19.5 Å². The maximum atomic E-state index is 14.7. The number of aliphatic hydroxyl groups is 1. The van der Waals surface area contributed by atoms with Gasteiger partial charge in [-0.25, -0.2) is 0 Å². The second-order valence-electron chi connectivity index (χ2n) is 12.0. The number of halogens is 1. The molecule has 2 bridgehead atoms. The van der Waals surface area contributed by atoms with E-state index in [1.165, 1.54) is 6.42 Å². The summed E-state index contributed by atoms with van der Waals surface area (Å²) in [5.41, 5.74) is 0. The highest BCUT2D eigenvalue weighted by Gasteiger charge is 2.76. The van der Waals surface area contributed by atoms with E-state index in [4.69, 9.17) is 0 Å². The third-order valence-electron chi connectivity index (χ3n) is 9.34. The van der Waals surface area contributed by atoms with Gasteiger partial charge in [-0.2, -0.15) is 0 Å². The van der Waals surface area contributed by atoms with Crippen molar-refractivity contribution in [3.63, 3.8) is 0 Å². The van der Waals surface area contributed by atoms with E-state index in [2.05, 4.69) is 29.1 Å². The Hall–Kier alpha value is -1.32. The van der Waals surface area contributed by atoms with Crippen LogP contribution in [-0.4, -0.2) is 96.7 Å². The van der Waals surface area contributed by atoms with Gasteiger partial charge in [-0.3, -0.25) is 14.4 Å². The summed E-state index contributed by atoms with van der Waals surface area (Å²) in [7, 11) is 0. The van der Waals surface area contributed by atoms with Crippen LogP contribution < -0.4 is 0 Å². The first-order chi connectivity index (χ1) is 18.7. The van der Waals surface area contributed by atoms with Gasteiger partial charge in [-0.1, -0.05) is 68.1 Å². The Labute approximate surface area is 246 Å². The summed E-state index contributed by atoms with van der Waals surface area (Å²) in [6.45, 7) is 15.1. The molecule has 1 aliphatic carbocycles. The zero-order chi connectivity index (χ0) is 28.5. The second-order valence-corrected chi connectivity index (χ2v) is 14.8. The van der Waals surface area contributed by atoms with Gasteiger partial charge in [0.2, 0.25) is 17.7 Å². The number of rotatable bonds is 12. The molecular formula is C30H46BrN3O4S. The molecule has 1 saturated carbocycles. The van der Waals surface area contributed by atoms with Crippen molar-refractivity contribution in [3.05, 3.63) is 25.3 Å². The molecule has 0 aromatic heterocycles. The van der Waals surface area contributed by atoms with E-state index in [0.29, 0.717) is 26.1 Å². The third kappa shape index (κ3) is 5.25. The van der Waals surface area contributed by atoms with Crippen LogP contribution in [0.3, 0.4) is 0 Å². The molecule has 9 heteroatoms. The molecule has 3 unspecified atom stereocenters. The van der Waals surface area contributed by atoms with Gasteiger partial charge in [0.1, 0.15) is 6.04 Å². The number of likely N-dealkylation sites (tertiary alicyclic amines) is 1. The van der Waals surface area contributed by atoms with Gasteiger partial charge in [-0.15, -0.1) is 24.9 Å². The molecule has 7 atom stereocenters. The minimum Gasteiger partial charge on any atom is -0.394 e. The van der Waals surface area contributed by atoms with Gasteiger partial charge in [0, 0.05) is 35.8 Å². The zero-order valence-electron chi connectivity index (χ0n) is 23.8.